The van der Waals surface area contributed by atoms with Crippen LogP contribution in [0.25, 0.3) is 0 Å². The van der Waals surface area contributed by atoms with Gasteiger partial charge in [-0.25, -0.2) is 19.0 Å². The van der Waals surface area contributed by atoms with E-state index in [0.29, 0.717) is 5.69 Å². The molecule has 0 aliphatic heterocycles. The molecule has 1 heterocycles. The topological polar surface area (TPSA) is 93.0 Å². The van der Waals surface area contributed by atoms with Crippen LogP contribution in [0.1, 0.15) is 43.5 Å². The number of carbonyl (C=O) groups is 1. The number of esters is 1. The van der Waals surface area contributed by atoms with Crippen LogP contribution in [0.5, 0.6) is 0 Å². The lowest BCUT2D eigenvalue weighted by Gasteiger charge is -2.43. The number of hydrogen-bond acceptors (Lipinski definition) is 5. The van der Waals surface area contributed by atoms with E-state index in [-0.39, 0.29) is 19.4 Å². The third-order valence-electron chi connectivity index (χ3n) is 3.91. The molecule has 21 heavy (non-hydrogen) atoms. The molecule has 0 amide bonds. The number of aryl methyl sites for hydroxylation is 1. The van der Waals surface area contributed by atoms with Crippen molar-refractivity contribution >= 4 is 5.97 Å². The highest BCUT2D eigenvalue weighted by Crippen LogP contribution is 2.47. The van der Waals surface area contributed by atoms with Crippen molar-refractivity contribution in [2.75, 3.05) is 6.61 Å². The van der Waals surface area contributed by atoms with Gasteiger partial charge in [-0.05, 0) is 26.3 Å². The number of carbonyl (C=O) groups excluding carboxylic acids is 1. The maximum absolute atomic E-state index is 13.8. The molecule has 1 aromatic heterocycles. The smallest absolute Gasteiger partial charge is 0.328 e. The van der Waals surface area contributed by atoms with E-state index in [2.05, 4.69) is 15.6 Å². The summed E-state index contributed by atoms with van der Waals surface area (Å²) in [5, 5.41) is 6.86. The van der Waals surface area contributed by atoms with Gasteiger partial charge in [0.25, 0.3) is 5.92 Å². The van der Waals surface area contributed by atoms with E-state index >= 15 is 0 Å². The van der Waals surface area contributed by atoms with Crippen LogP contribution in [0.4, 0.5) is 8.78 Å². The Bertz CT molecular complexity index is 520. The first-order chi connectivity index (χ1) is 9.84. The van der Waals surface area contributed by atoms with E-state index in [9.17, 15) is 13.6 Å². The quantitative estimate of drug-likeness (QED) is 0.444. The molecule has 2 rings (SSSR count). The Hall–Kier alpha value is -1.54. The lowest BCUT2D eigenvalue weighted by molar-refractivity contribution is -0.163. The first kappa shape index (κ1) is 15.8. The summed E-state index contributed by atoms with van der Waals surface area (Å²) >= 11 is 0. The first-order valence-corrected chi connectivity index (χ1v) is 6.89. The highest BCUT2D eigenvalue weighted by molar-refractivity contribution is 5.82. The number of hydrazine groups is 1. The van der Waals surface area contributed by atoms with Crippen LogP contribution in [0.15, 0.2) is 6.07 Å². The van der Waals surface area contributed by atoms with Gasteiger partial charge in [0.15, 0.2) is 0 Å². The van der Waals surface area contributed by atoms with E-state index < -0.39 is 29.8 Å². The van der Waals surface area contributed by atoms with Gasteiger partial charge in [0, 0.05) is 24.5 Å². The number of aromatic nitrogens is 2. The van der Waals surface area contributed by atoms with Crippen molar-refractivity contribution < 1.29 is 18.3 Å². The molecule has 1 aliphatic carbocycles. The number of halogens is 2. The van der Waals surface area contributed by atoms with E-state index in [1.807, 2.05) is 0 Å². The Kier molecular flexibility index (Phi) is 4.29. The summed E-state index contributed by atoms with van der Waals surface area (Å²) < 4.78 is 32.7. The number of nitrogens with zero attached hydrogens (tertiary/aromatic N) is 1. The van der Waals surface area contributed by atoms with Crippen molar-refractivity contribution in [1.82, 2.24) is 15.6 Å². The molecule has 0 saturated heterocycles. The number of alkyl halides is 2. The Morgan fingerprint density at radius 3 is 2.90 bits per heavy atom. The number of aromatic amines is 1. The second-order valence-electron chi connectivity index (χ2n) is 5.44. The van der Waals surface area contributed by atoms with Crippen LogP contribution in [-0.2, 0) is 9.53 Å². The number of ether oxygens (including phenoxy) is 1. The molecular formula is C13H20F2N4O2. The Morgan fingerprint density at radius 1 is 1.67 bits per heavy atom. The Labute approximate surface area is 121 Å². The third kappa shape index (κ3) is 2.91. The summed E-state index contributed by atoms with van der Waals surface area (Å²) in [6.45, 7) is 3.52. The fourth-order valence-corrected chi connectivity index (χ4v) is 2.92. The summed E-state index contributed by atoms with van der Waals surface area (Å²) in [4.78, 5) is 12.3. The molecule has 118 valence electrons. The predicted octanol–water partition coefficient (Wildman–Crippen LogP) is 1.39. The van der Waals surface area contributed by atoms with Gasteiger partial charge in [0.1, 0.15) is 5.54 Å². The van der Waals surface area contributed by atoms with Gasteiger partial charge in [-0.3, -0.25) is 10.9 Å². The standard InChI is InChI=1S/C13H20F2N4O2/c1-3-21-11(20)13(19-16)7-12(14,15)5-4-9(13)10-6-8(2)17-18-10/h6,9,19H,3-5,7,16H2,1-2H3,(H,17,18). The zero-order chi connectivity index (χ0) is 15.7. The molecule has 8 heteroatoms. The maximum atomic E-state index is 13.8. The molecule has 1 aromatic rings. The van der Waals surface area contributed by atoms with Crippen molar-refractivity contribution in [2.45, 2.75) is 50.5 Å². The molecule has 6 nitrogen and oxygen atoms in total. The predicted molar refractivity (Wildman–Crippen MR) is 71.6 cm³/mol. The lowest BCUT2D eigenvalue weighted by atomic mass is 9.70. The molecule has 1 aliphatic rings. The number of H-pyrrole nitrogens is 1. The molecule has 0 radical (unpaired) electrons. The van der Waals surface area contributed by atoms with Gasteiger partial charge in [-0.15, -0.1) is 0 Å². The molecule has 0 aromatic carbocycles. The first-order valence-electron chi connectivity index (χ1n) is 6.89. The summed E-state index contributed by atoms with van der Waals surface area (Å²) in [7, 11) is 0. The van der Waals surface area contributed by atoms with Crippen molar-refractivity contribution in [3.63, 3.8) is 0 Å². The zero-order valence-electron chi connectivity index (χ0n) is 12.1. The molecule has 0 spiro atoms. The largest absolute Gasteiger partial charge is 0.465 e. The molecule has 2 atom stereocenters. The van der Waals surface area contributed by atoms with Crippen LogP contribution in [-0.4, -0.2) is 34.2 Å². The average molecular weight is 302 g/mol. The van der Waals surface area contributed by atoms with Gasteiger partial charge in [0.05, 0.1) is 12.3 Å². The second-order valence-corrected chi connectivity index (χ2v) is 5.44. The van der Waals surface area contributed by atoms with Crippen LogP contribution < -0.4 is 11.3 Å². The summed E-state index contributed by atoms with van der Waals surface area (Å²) in [6, 6.07) is 1.74. The molecule has 1 saturated carbocycles. The van der Waals surface area contributed by atoms with Gasteiger partial charge in [-0.2, -0.15) is 5.10 Å². The minimum absolute atomic E-state index is 0.0974. The van der Waals surface area contributed by atoms with Gasteiger partial charge >= 0.3 is 5.97 Å². The minimum Gasteiger partial charge on any atom is -0.465 e. The molecule has 2 unspecified atom stereocenters. The summed E-state index contributed by atoms with van der Waals surface area (Å²) in [5.41, 5.74) is 1.96. The van der Waals surface area contributed by atoms with E-state index in [4.69, 9.17) is 10.6 Å². The highest BCUT2D eigenvalue weighted by atomic mass is 19.3. The molecule has 4 N–H and O–H groups in total. The second kappa shape index (κ2) is 5.69. The van der Waals surface area contributed by atoms with E-state index in [1.54, 1.807) is 19.9 Å². The van der Waals surface area contributed by atoms with Crippen LogP contribution in [0.2, 0.25) is 0 Å². The van der Waals surface area contributed by atoms with Crippen LogP contribution >= 0.6 is 0 Å². The van der Waals surface area contributed by atoms with E-state index in [0.717, 1.165) is 5.69 Å². The van der Waals surface area contributed by atoms with Crippen molar-refractivity contribution in [1.29, 1.82) is 0 Å². The minimum atomic E-state index is -2.97. The number of nitrogens with one attached hydrogen (secondary N) is 2. The number of nitrogens with two attached hydrogens (primary N) is 1. The molecule has 0 bridgehead atoms. The van der Waals surface area contributed by atoms with Crippen molar-refractivity contribution in [2.24, 2.45) is 5.84 Å². The fraction of sp³-hybridized carbons (Fsp3) is 0.692. The number of hydrogen-bond donors (Lipinski definition) is 3. The van der Waals surface area contributed by atoms with Crippen LogP contribution in [0, 0.1) is 6.92 Å². The molecule has 1 fully saturated rings. The van der Waals surface area contributed by atoms with Gasteiger partial charge in [-0.1, -0.05) is 0 Å². The van der Waals surface area contributed by atoms with E-state index in [1.165, 1.54) is 0 Å². The Morgan fingerprint density at radius 2 is 2.38 bits per heavy atom. The van der Waals surface area contributed by atoms with Gasteiger partial charge < -0.3 is 4.74 Å². The SMILES string of the molecule is CCOC(=O)C1(NN)CC(F)(F)CCC1c1cc(C)[nH]n1. The third-order valence-corrected chi connectivity index (χ3v) is 3.91. The van der Waals surface area contributed by atoms with Gasteiger partial charge in [0.2, 0.25) is 0 Å². The lowest BCUT2D eigenvalue weighted by Crippen LogP contribution is -2.64. The highest BCUT2D eigenvalue weighted by Gasteiger charge is 2.57. The monoisotopic (exact) mass is 302 g/mol. The van der Waals surface area contributed by atoms with Crippen LogP contribution in [0.3, 0.4) is 0 Å². The number of rotatable bonds is 4. The average Bonchev–Trinajstić information content (AvgIpc) is 2.84. The normalized spacial score (nSPS) is 28.3. The molecular weight excluding hydrogens is 282 g/mol. The zero-order valence-corrected chi connectivity index (χ0v) is 12.1. The Balaban J connectivity index is 2.43. The van der Waals surface area contributed by atoms with Crippen molar-refractivity contribution in [3.8, 4) is 0 Å². The summed E-state index contributed by atoms with van der Waals surface area (Å²) in [6.07, 6.45) is -0.918. The fourth-order valence-electron chi connectivity index (χ4n) is 2.92. The maximum Gasteiger partial charge on any atom is 0.328 e. The summed E-state index contributed by atoms with van der Waals surface area (Å²) in [5.74, 6) is 1.20. The van der Waals surface area contributed by atoms with Crippen molar-refractivity contribution in [3.05, 3.63) is 17.5 Å².